The first-order valence-corrected chi connectivity index (χ1v) is 6.81. The third-order valence-corrected chi connectivity index (χ3v) is 3.43. The van der Waals surface area contributed by atoms with Gasteiger partial charge in [0.05, 0.1) is 13.2 Å². The number of aliphatic hydroxyl groups is 1. The maximum atomic E-state index is 9.16. The molecule has 1 aliphatic heterocycles. The normalized spacial score (nSPS) is 18.6. The van der Waals surface area contributed by atoms with Crippen LogP contribution in [0.4, 0.5) is 17.8 Å². The van der Waals surface area contributed by atoms with E-state index in [1.165, 1.54) is 0 Å². The molecule has 2 atom stereocenters. The maximum absolute atomic E-state index is 9.16. The number of nitrogens with two attached hydrogens (primary N) is 1. The average Bonchev–Trinajstić information content (AvgIpc) is 2.46. The van der Waals surface area contributed by atoms with Gasteiger partial charge in [-0.25, -0.2) is 0 Å². The van der Waals surface area contributed by atoms with Crippen LogP contribution in [-0.2, 0) is 4.74 Å². The number of aliphatic hydroxyl groups excluding tert-OH is 1. The molecule has 1 fully saturated rings. The van der Waals surface area contributed by atoms with Gasteiger partial charge < -0.3 is 25.8 Å². The third kappa shape index (κ3) is 3.67. The standard InChI is InChI=1S/C12H22N6O2/c1-8(7-19)9(2)14-11-15-10(13)16-12(17-11)18-3-5-20-6-4-18/h8-9,19H,3-7H2,1-2H3,(H3,13,14,15,16,17). The topological polar surface area (TPSA) is 109 Å². The highest BCUT2D eigenvalue weighted by Crippen LogP contribution is 2.15. The molecular formula is C12H22N6O2. The summed E-state index contributed by atoms with van der Waals surface area (Å²) in [4.78, 5) is 14.7. The number of hydrogen-bond acceptors (Lipinski definition) is 8. The second-order valence-corrected chi connectivity index (χ2v) is 5.01. The fourth-order valence-corrected chi connectivity index (χ4v) is 1.85. The van der Waals surface area contributed by atoms with Crippen molar-refractivity contribution in [2.24, 2.45) is 5.92 Å². The van der Waals surface area contributed by atoms with Gasteiger partial charge in [0, 0.05) is 25.7 Å². The van der Waals surface area contributed by atoms with Crippen LogP contribution >= 0.6 is 0 Å². The highest BCUT2D eigenvalue weighted by atomic mass is 16.5. The van der Waals surface area contributed by atoms with Crippen molar-refractivity contribution in [1.82, 2.24) is 15.0 Å². The Balaban J connectivity index is 2.11. The van der Waals surface area contributed by atoms with Crippen LogP contribution in [0.3, 0.4) is 0 Å². The first-order chi connectivity index (χ1) is 9.60. The van der Waals surface area contributed by atoms with Crippen LogP contribution < -0.4 is 16.0 Å². The molecule has 0 radical (unpaired) electrons. The summed E-state index contributed by atoms with van der Waals surface area (Å²) in [6, 6.07) is 0.0411. The Morgan fingerprint density at radius 1 is 1.30 bits per heavy atom. The highest BCUT2D eigenvalue weighted by molar-refractivity contribution is 5.42. The van der Waals surface area contributed by atoms with Gasteiger partial charge in [0.1, 0.15) is 0 Å². The Hall–Kier alpha value is -1.67. The number of nitrogens with one attached hydrogen (secondary N) is 1. The van der Waals surface area contributed by atoms with Crippen LogP contribution in [0.25, 0.3) is 0 Å². The second kappa shape index (κ2) is 6.67. The van der Waals surface area contributed by atoms with Gasteiger partial charge in [0.25, 0.3) is 0 Å². The predicted molar refractivity (Wildman–Crippen MR) is 76.6 cm³/mol. The summed E-state index contributed by atoms with van der Waals surface area (Å²) >= 11 is 0. The van der Waals surface area contributed by atoms with Crippen LogP contribution in [0.15, 0.2) is 0 Å². The zero-order valence-electron chi connectivity index (χ0n) is 11.9. The third-order valence-electron chi connectivity index (χ3n) is 3.43. The van der Waals surface area contributed by atoms with Gasteiger partial charge >= 0.3 is 0 Å². The average molecular weight is 282 g/mol. The molecule has 1 aliphatic rings. The highest BCUT2D eigenvalue weighted by Gasteiger charge is 2.17. The molecule has 1 aromatic rings. The minimum atomic E-state index is 0.0411. The largest absolute Gasteiger partial charge is 0.396 e. The van der Waals surface area contributed by atoms with Crippen molar-refractivity contribution in [3.05, 3.63) is 0 Å². The SMILES string of the molecule is CC(CO)C(C)Nc1nc(N)nc(N2CCOCC2)n1. The maximum Gasteiger partial charge on any atom is 0.232 e. The molecule has 0 amide bonds. The van der Waals surface area contributed by atoms with Crippen molar-refractivity contribution in [3.8, 4) is 0 Å². The molecule has 1 aromatic heterocycles. The van der Waals surface area contributed by atoms with E-state index in [-0.39, 0.29) is 24.5 Å². The molecule has 0 saturated carbocycles. The summed E-state index contributed by atoms with van der Waals surface area (Å²) in [7, 11) is 0. The minimum Gasteiger partial charge on any atom is -0.396 e. The van der Waals surface area contributed by atoms with E-state index in [1.54, 1.807) is 0 Å². The number of morpholine rings is 1. The summed E-state index contributed by atoms with van der Waals surface area (Å²) in [5.74, 6) is 1.28. The zero-order chi connectivity index (χ0) is 14.5. The zero-order valence-corrected chi connectivity index (χ0v) is 11.9. The number of aromatic nitrogens is 3. The Kier molecular flexibility index (Phi) is 4.91. The second-order valence-electron chi connectivity index (χ2n) is 5.01. The molecule has 0 spiro atoms. The van der Waals surface area contributed by atoms with Crippen LogP contribution in [0.2, 0.25) is 0 Å². The lowest BCUT2D eigenvalue weighted by atomic mass is 10.1. The van der Waals surface area contributed by atoms with Crippen molar-refractivity contribution in [2.45, 2.75) is 19.9 Å². The van der Waals surface area contributed by atoms with Gasteiger partial charge in [-0.2, -0.15) is 15.0 Å². The van der Waals surface area contributed by atoms with Crippen LogP contribution in [-0.4, -0.2) is 59.0 Å². The van der Waals surface area contributed by atoms with Crippen molar-refractivity contribution < 1.29 is 9.84 Å². The van der Waals surface area contributed by atoms with E-state index in [1.807, 2.05) is 18.7 Å². The minimum absolute atomic E-state index is 0.0411. The van der Waals surface area contributed by atoms with E-state index in [0.29, 0.717) is 25.1 Å². The van der Waals surface area contributed by atoms with Crippen molar-refractivity contribution in [2.75, 3.05) is 48.9 Å². The number of ether oxygens (including phenoxy) is 1. The number of hydrogen-bond donors (Lipinski definition) is 3. The molecule has 112 valence electrons. The molecule has 0 aliphatic carbocycles. The number of nitrogens with zero attached hydrogens (tertiary/aromatic N) is 4. The fraction of sp³-hybridized carbons (Fsp3) is 0.750. The lowest BCUT2D eigenvalue weighted by Crippen LogP contribution is -2.38. The summed E-state index contributed by atoms with van der Waals surface area (Å²) in [6.45, 7) is 6.82. The molecule has 0 bridgehead atoms. The molecule has 2 unspecified atom stereocenters. The summed E-state index contributed by atoms with van der Waals surface area (Å²) < 4.78 is 5.30. The molecule has 2 rings (SSSR count). The van der Waals surface area contributed by atoms with Crippen molar-refractivity contribution in [1.29, 1.82) is 0 Å². The van der Waals surface area contributed by atoms with Gasteiger partial charge in [-0.05, 0) is 12.8 Å². The number of rotatable bonds is 5. The van der Waals surface area contributed by atoms with Crippen LogP contribution in [0, 0.1) is 5.92 Å². The lowest BCUT2D eigenvalue weighted by molar-refractivity contribution is 0.122. The van der Waals surface area contributed by atoms with Crippen molar-refractivity contribution >= 4 is 17.8 Å². The molecular weight excluding hydrogens is 260 g/mol. The molecule has 8 nitrogen and oxygen atoms in total. The number of nitrogen functional groups attached to an aromatic ring is 1. The first kappa shape index (κ1) is 14.7. The lowest BCUT2D eigenvalue weighted by Gasteiger charge is -2.27. The molecule has 2 heterocycles. The van der Waals surface area contributed by atoms with Gasteiger partial charge in [0.2, 0.25) is 17.8 Å². The van der Waals surface area contributed by atoms with E-state index in [0.717, 1.165) is 13.1 Å². The van der Waals surface area contributed by atoms with Gasteiger partial charge in [-0.15, -0.1) is 0 Å². The molecule has 20 heavy (non-hydrogen) atoms. The monoisotopic (exact) mass is 282 g/mol. The summed E-state index contributed by atoms with van der Waals surface area (Å²) in [5, 5.41) is 12.3. The molecule has 4 N–H and O–H groups in total. The van der Waals surface area contributed by atoms with Crippen LogP contribution in [0.1, 0.15) is 13.8 Å². The Morgan fingerprint density at radius 2 is 2.00 bits per heavy atom. The smallest absolute Gasteiger partial charge is 0.232 e. The molecule has 8 heteroatoms. The van der Waals surface area contributed by atoms with E-state index < -0.39 is 0 Å². The Bertz CT molecular complexity index is 438. The summed E-state index contributed by atoms with van der Waals surface area (Å²) in [6.07, 6.45) is 0. The first-order valence-electron chi connectivity index (χ1n) is 6.81. The summed E-state index contributed by atoms with van der Waals surface area (Å²) in [5.41, 5.74) is 5.74. The van der Waals surface area contributed by atoms with Crippen LogP contribution in [0.5, 0.6) is 0 Å². The Morgan fingerprint density at radius 3 is 2.65 bits per heavy atom. The van der Waals surface area contributed by atoms with E-state index >= 15 is 0 Å². The molecule has 0 aromatic carbocycles. The van der Waals surface area contributed by atoms with E-state index in [2.05, 4.69) is 20.3 Å². The van der Waals surface area contributed by atoms with E-state index in [4.69, 9.17) is 15.6 Å². The fourth-order valence-electron chi connectivity index (χ4n) is 1.85. The predicted octanol–water partition coefficient (Wildman–Crippen LogP) is -0.281. The quantitative estimate of drug-likeness (QED) is 0.676. The molecule has 1 saturated heterocycles. The number of anilines is 3. The van der Waals surface area contributed by atoms with E-state index in [9.17, 15) is 0 Å². The van der Waals surface area contributed by atoms with Gasteiger partial charge in [-0.3, -0.25) is 0 Å². The Labute approximate surface area is 118 Å². The van der Waals surface area contributed by atoms with Gasteiger partial charge in [0.15, 0.2) is 0 Å². The van der Waals surface area contributed by atoms with Gasteiger partial charge in [-0.1, -0.05) is 6.92 Å². The van der Waals surface area contributed by atoms with Crippen molar-refractivity contribution in [3.63, 3.8) is 0 Å².